The van der Waals surface area contributed by atoms with E-state index in [4.69, 9.17) is 23.7 Å². The van der Waals surface area contributed by atoms with Crippen LogP contribution >= 0.6 is 0 Å². The number of hydrogen-bond donors (Lipinski definition) is 1. The molecular formula is C29H31NO7. The second kappa shape index (κ2) is 12.2. The van der Waals surface area contributed by atoms with Gasteiger partial charge in [-0.3, -0.25) is 4.79 Å². The Bertz CT molecular complexity index is 1230. The summed E-state index contributed by atoms with van der Waals surface area (Å²) in [4.78, 5) is 24.9. The van der Waals surface area contributed by atoms with Crippen LogP contribution in [-0.4, -0.2) is 40.0 Å². The minimum Gasteiger partial charge on any atom is -0.493 e. The van der Waals surface area contributed by atoms with Crippen molar-refractivity contribution in [1.29, 1.82) is 0 Å². The number of cyclic esters (lactones) is 1. The first-order valence-electron chi connectivity index (χ1n) is 12.0. The number of ether oxygens (including phenoxy) is 5. The number of rotatable bonds is 10. The van der Waals surface area contributed by atoms with E-state index in [0.29, 0.717) is 49.0 Å². The SMILES string of the molecule is COc1ccc(C[C@H]2COC(=O)[C@@H]2Cc2ccc(OC(=O)NCc3ccccc3)c(OC)c2)cc1OC. The minimum absolute atomic E-state index is 0.0105. The summed E-state index contributed by atoms with van der Waals surface area (Å²) in [6.07, 6.45) is 0.564. The average molecular weight is 506 g/mol. The normalized spacial score (nSPS) is 16.6. The van der Waals surface area contributed by atoms with Crippen LogP contribution < -0.4 is 24.3 Å². The molecule has 0 spiro atoms. The first kappa shape index (κ1) is 25.9. The first-order chi connectivity index (χ1) is 18.0. The highest BCUT2D eigenvalue weighted by atomic mass is 16.6. The van der Waals surface area contributed by atoms with E-state index in [9.17, 15) is 9.59 Å². The fraction of sp³-hybridized carbons (Fsp3) is 0.310. The van der Waals surface area contributed by atoms with Gasteiger partial charge in [0.15, 0.2) is 23.0 Å². The number of esters is 1. The van der Waals surface area contributed by atoms with E-state index in [2.05, 4.69) is 5.32 Å². The van der Waals surface area contributed by atoms with Crippen molar-refractivity contribution in [3.05, 3.63) is 83.4 Å². The Hall–Kier alpha value is -4.20. The fourth-order valence-electron chi connectivity index (χ4n) is 4.45. The standard InChI is InChI=1S/C29H31NO7/c1-33-24-11-9-20(15-26(24)34-2)13-22-18-36-28(31)23(22)14-21-10-12-25(27(16-21)35-3)37-29(32)30-17-19-7-5-4-6-8-19/h4-12,15-16,22-23H,13-14,17-18H2,1-3H3,(H,30,32)/t22-,23+/m0/s1. The van der Waals surface area contributed by atoms with Crippen molar-refractivity contribution in [3.63, 3.8) is 0 Å². The zero-order valence-electron chi connectivity index (χ0n) is 21.2. The van der Waals surface area contributed by atoms with E-state index < -0.39 is 6.09 Å². The summed E-state index contributed by atoms with van der Waals surface area (Å²) in [7, 11) is 4.71. The molecule has 8 nitrogen and oxygen atoms in total. The maximum atomic E-state index is 12.6. The van der Waals surface area contributed by atoms with Crippen LogP contribution in [0.15, 0.2) is 66.7 Å². The van der Waals surface area contributed by atoms with E-state index >= 15 is 0 Å². The van der Waals surface area contributed by atoms with Gasteiger partial charge in [0.25, 0.3) is 0 Å². The molecule has 1 aliphatic rings. The maximum Gasteiger partial charge on any atom is 0.413 e. The second-order valence-corrected chi connectivity index (χ2v) is 8.81. The topological polar surface area (TPSA) is 92.3 Å². The van der Waals surface area contributed by atoms with Gasteiger partial charge in [-0.2, -0.15) is 0 Å². The summed E-state index contributed by atoms with van der Waals surface area (Å²) in [5.74, 6) is 1.50. The quantitative estimate of drug-likeness (QED) is 0.404. The number of methoxy groups -OCH3 is 3. The van der Waals surface area contributed by atoms with Crippen LogP contribution in [0.4, 0.5) is 4.79 Å². The summed E-state index contributed by atoms with van der Waals surface area (Å²) >= 11 is 0. The molecule has 1 saturated heterocycles. The highest BCUT2D eigenvalue weighted by Crippen LogP contribution is 2.35. The van der Waals surface area contributed by atoms with Crippen molar-refractivity contribution in [3.8, 4) is 23.0 Å². The number of carbonyl (C=O) groups excluding carboxylic acids is 2. The third kappa shape index (κ3) is 6.52. The van der Waals surface area contributed by atoms with E-state index in [0.717, 1.165) is 16.7 Å². The molecule has 0 bridgehead atoms. The summed E-state index contributed by atoms with van der Waals surface area (Å²) in [5, 5.41) is 2.73. The van der Waals surface area contributed by atoms with Crippen molar-refractivity contribution in [2.75, 3.05) is 27.9 Å². The van der Waals surface area contributed by atoms with Crippen molar-refractivity contribution in [2.24, 2.45) is 11.8 Å². The molecular weight excluding hydrogens is 474 g/mol. The first-order valence-corrected chi connectivity index (χ1v) is 12.0. The Balaban J connectivity index is 1.41. The molecule has 194 valence electrons. The second-order valence-electron chi connectivity index (χ2n) is 8.81. The van der Waals surface area contributed by atoms with E-state index in [-0.39, 0.29) is 17.8 Å². The number of hydrogen-bond acceptors (Lipinski definition) is 7. The predicted octanol–water partition coefficient (Wildman–Crippen LogP) is 4.58. The smallest absolute Gasteiger partial charge is 0.413 e. The molecule has 0 unspecified atom stereocenters. The van der Waals surface area contributed by atoms with E-state index in [1.54, 1.807) is 26.4 Å². The van der Waals surface area contributed by atoms with Crippen LogP contribution in [0.1, 0.15) is 16.7 Å². The van der Waals surface area contributed by atoms with Crippen LogP contribution in [0.3, 0.4) is 0 Å². The van der Waals surface area contributed by atoms with Crippen molar-refractivity contribution in [2.45, 2.75) is 19.4 Å². The largest absolute Gasteiger partial charge is 0.493 e. The average Bonchev–Trinajstić information content (AvgIpc) is 3.26. The molecule has 3 aromatic rings. The Kier molecular flexibility index (Phi) is 8.51. The molecule has 1 amide bonds. The predicted molar refractivity (Wildman–Crippen MR) is 137 cm³/mol. The molecule has 1 aliphatic heterocycles. The third-order valence-electron chi connectivity index (χ3n) is 6.42. The maximum absolute atomic E-state index is 12.6. The summed E-state index contributed by atoms with van der Waals surface area (Å²) in [5.41, 5.74) is 2.89. The molecule has 0 radical (unpaired) electrons. The van der Waals surface area contributed by atoms with Gasteiger partial charge in [-0.05, 0) is 53.8 Å². The number of benzene rings is 3. The lowest BCUT2D eigenvalue weighted by atomic mass is 9.85. The van der Waals surface area contributed by atoms with Gasteiger partial charge in [-0.15, -0.1) is 0 Å². The lowest BCUT2D eigenvalue weighted by molar-refractivity contribution is -0.141. The zero-order valence-corrected chi connectivity index (χ0v) is 21.2. The number of carbonyl (C=O) groups is 2. The lowest BCUT2D eigenvalue weighted by Gasteiger charge is -2.17. The monoisotopic (exact) mass is 505 g/mol. The number of amides is 1. The van der Waals surface area contributed by atoms with Gasteiger partial charge in [-0.25, -0.2) is 4.79 Å². The Morgan fingerprint density at radius 1 is 0.811 bits per heavy atom. The van der Waals surface area contributed by atoms with Crippen LogP contribution in [-0.2, 0) is 28.9 Å². The van der Waals surface area contributed by atoms with Gasteiger partial charge in [0.1, 0.15) is 0 Å². The summed E-state index contributed by atoms with van der Waals surface area (Å²) in [6.45, 7) is 0.711. The zero-order chi connectivity index (χ0) is 26.2. The molecule has 8 heteroatoms. The molecule has 1 fully saturated rings. The van der Waals surface area contributed by atoms with Crippen LogP contribution in [0, 0.1) is 11.8 Å². The molecule has 0 aliphatic carbocycles. The van der Waals surface area contributed by atoms with Gasteiger partial charge in [0, 0.05) is 12.5 Å². The van der Waals surface area contributed by atoms with Gasteiger partial charge < -0.3 is 29.0 Å². The molecule has 2 atom stereocenters. The molecule has 0 aromatic heterocycles. The van der Waals surface area contributed by atoms with Crippen molar-refractivity contribution < 1.29 is 33.3 Å². The Morgan fingerprint density at radius 3 is 2.11 bits per heavy atom. The summed E-state index contributed by atoms with van der Waals surface area (Å²) in [6, 6.07) is 20.6. The summed E-state index contributed by atoms with van der Waals surface area (Å²) < 4.78 is 27.1. The van der Waals surface area contributed by atoms with Crippen molar-refractivity contribution >= 4 is 12.1 Å². The fourth-order valence-corrected chi connectivity index (χ4v) is 4.45. The molecule has 0 saturated carbocycles. The number of nitrogens with one attached hydrogen (secondary N) is 1. The molecule has 3 aromatic carbocycles. The van der Waals surface area contributed by atoms with Gasteiger partial charge in [0.05, 0.1) is 33.9 Å². The van der Waals surface area contributed by atoms with Gasteiger partial charge in [0.2, 0.25) is 0 Å². The van der Waals surface area contributed by atoms with Crippen molar-refractivity contribution in [1.82, 2.24) is 5.32 Å². The molecule has 1 heterocycles. The Morgan fingerprint density at radius 2 is 1.43 bits per heavy atom. The Labute approximate surface area is 216 Å². The van der Waals surface area contributed by atoms with E-state index in [1.807, 2.05) is 54.6 Å². The molecule has 4 rings (SSSR count). The van der Waals surface area contributed by atoms with Gasteiger partial charge >= 0.3 is 12.1 Å². The van der Waals surface area contributed by atoms with E-state index in [1.165, 1.54) is 7.11 Å². The molecule has 37 heavy (non-hydrogen) atoms. The van der Waals surface area contributed by atoms with Gasteiger partial charge in [-0.1, -0.05) is 42.5 Å². The lowest BCUT2D eigenvalue weighted by Crippen LogP contribution is -2.26. The van der Waals surface area contributed by atoms with Crippen LogP contribution in [0.2, 0.25) is 0 Å². The third-order valence-corrected chi connectivity index (χ3v) is 6.42. The highest BCUT2D eigenvalue weighted by molar-refractivity contribution is 5.75. The highest BCUT2D eigenvalue weighted by Gasteiger charge is 2.37. The van der Waals surface area contributed by atoms with Crippen LogP contribution in [0.5, 0.6) is 23.0 Å². The minimum atomic E-state index is -0.579. The molecule has 1 N–H and O–H groups in total. The van der Waals surface area contributed by atoms with Crippen LogP contribution in [0.25, 0.3) is 0 Å².